The van der Waals surface area contributed by atoms with Gasteiger partial charge in [0.15, 0.2) is 0 Å². The van der Waals surface area contributed by atoms with Crippen molar-refractivity contribution in [2.24, 2.45) is 5.73 Å². The van der Waals surface area contributed by atoms with Crippen LogP contribution in [0.4, 0.5) is 0 Å². The molecule has 1 heterocycles. The molecule has 0 bridgehead atoms. The van der Waals surface area contributed by atoms with E-state index in [9.17, 15) is 4.79 Å². The Balaban J connectivity index is 2.29. The lowest BCUT2D eigenvalue weighted by molar-refractivity contribution is -0.131. The first kappa shape index (κ1) is 15.4. The highest BCUT2D eigenvalue weighted by Gasteiger charge is 2.20. The third-order valence-electron chi connectivity index (χ3n) is 3.42. The van der Waals surface area contributed by atoms with E-state index in [0.717, 1.165) is 45.5 Å². The maximum atomic E-state index is 12.0. The lowest BCUT2D eigenvalue weighted by Crippen LogP contribution is -2.41. The highest BCUT2D eigenvalue weighted by atomic mass is 16.5. The molecule has 0 aliphatic carbocycles. The van der Waals surface area contributed by atoms with Gasteiger partial charge in [0.05, 0.1) is 12.6 Å². The zero-order chi connectivity index (χ0) is 13.4. The number of nitrogens with zero attached hydrogens (tertiary/aromatic N) is 2. The first-order valence-corrected chi connectivity index (χ1v) is 6.95. The molecule has 1 fully saturated rings. The highest BCUT2D eigenvalue weighted by molar-refractivity contribution is 5.77. The van der Waals surface area contributed by atoms with Gasteiger partial charge in [-0.05, 0) is 32.4 Å². The van der Waals surface area contributed by atoms with E-state index in [0.29, 0.717) is 19.2 Å². The van der Waals surface area contributed by atoms with Gasteiger partial charge < -0.3 is 15.4 Å². The molecule has 1 aliphatic rings. The van der Waals surface area contributed by atoms with Crippen molar-refractivity contribution in [3.63, 3.8) is 0 Å². The Kier molecular flexibility index (Phi) is 7.23. The van der Waals surface area contributed by atoms with Crippen molar-refractivity contribution in [3.05, 3.63) is 0 Å². The van der Waals surface area contributed by atoms with Crippen LogP contribution in [0.2, 0.25) is 0 Å². The van der Waals surface area contributed by atoms with Gasteiger partial charge in [-0.2, -0.15) is 0 Å². The van der Waals surface area contributed by atoms with Crippen molar-refractivity contribution >= 4 is 5.91 Å². The predicted molar refractivity (Wildman–Crippen MR) is 72.4 cm³/mol. The van der Waals surface area contributed by atoms with Gasteiger partial charge in [0, 0.05) is 26.7 Å². The van der Waals surface area contributed by atoms with Crippen LogP contribution in [0.5, 0.6) is 0 Å². The van der Waals surface area contributed by atoms with E-state index in [2.05, 4.69) is 11.8 Å². The number of carbonyl (C=O) groups excluding carboxylic acids is 1. The lowest BCUT2D eigenvalue weighted by atomic mass is 10.2. The van der Waals surface area contributed by atoms with Gasteiger partial charge in [-0.1, -0.05) is 6.92 Å². The number of hydrogen-bond acceptors (Lipinski definition) is 4. The van der Waals surface area contributed by atoms with Crippen molar-refractivity contribution in [1.29, 1.82) is 0 Å². The average molecular weight is 257 g/mol. The van der Waals surface area contributed by atoms with Crippen LogP contribution in [0.15, 0.2) is 0 Å². The molecule has 5 nitrogen and oxygen atoms in total. The Labute approximate surface area is 110 Å². The molecule has 2 N–H and O–H groups in total. The lowest BCUT2D eigenvalue weighted by Gasteiger charge is -2.25. The summed E-state index contributed by atoms with van der Waals surface area (Å²) in [6.07, 6.45) is 3.44. The largest absolute Gasteiger partial charge is 0.377 e. The van der Waals surface area contributed by atoms with E-state index in [4.69, 9.17) is 10.5 Å². The summed E-state index contributed by atoms with van der Waals surface area (Å²) in [4.78, 5) is 15.9. The van der Waals surface area contributed by atoms with Crippen molar-refractivity contribution in [2.45, 2.75) is 32.3 Å². The van der Waals surface area contributed by atoms with E-state index in [1.54, 1.807) is 4.90 Å². The second-order valence-electron chi connectivity index (χ2n) is 4.92. The zero-order valence-corrected chi connectivity index (χ0v) is 11.7. The van der Waals surface area contributed by atoms with Crippen molar-refractivity contribution in [3.8, 4) is 0 Å². The van der Waals surface area contributed by atoms with Gasteiger partial charge in [0.1, 0.15) is 0 Å². The first-order chi connectivity index (χ1) is 8.67. The minimum absolute atomic E-state index is 0.170. The Bertz CT molecular complexity index is 242. The SMILES string of the molecule is CCN(CC(=O)N(C)CCCN)CC1CCCO1. The number of ether oxygens (including phenoxy) is 1. The molecule has 1 saturated heterocycles. The van der Waals surface area contributed by atoms with E-state index in [1.165, 1.54) is 0 Å². The van der Waals surface area contributed by atoms with Crippen LogP contribution >= 0.6 is 0 Å². The summed E-state index contributed by atoms with van der Waals surface area (Å²) >= 11 is 0. The number of carbonyl (C=O) groups is 1. The summed E-state index contributed by atoms with van der Waals surface area (Å²) in [5.74, 6) is 0.170. The summed E-state index contributed by atoms with van der Waals surface area (Å²) in [5.41, 5.74) is 5.45. The topological polar surface area (TPSA) is 58.8 Å². The molecule has 1 rings (SSSR count). The van der Waals surface area contributed by atoms with Gasteiger partial charge in [0.2, 0.25) is 5.91 Å². The van der Waals surface area contributed by atoms with E-state index in [-0.39, 0.29) is 5.91 Å². The molecule has 0 aromatic heterocycles. The molecule has 1 amide bonds. The fourth-order valence-electron chi connectivity index (χ4n) is 2.15. The number of hydrogen-bond donors (Lipinski definition) is 1. The van der Waals surface area contributed by atoms with Gasteiger partial charge in [-0.25, -0.2) is 0 Å². The van der Waals surface area contributed by atoms with Crippen LogP contribution in [0.3, 0.4) is 0 Å². The summed E-state index contributed by atoms with van der Waals surface area (Å²) in [6.45, 7) is 6.56. The molecule has 0 saturated carbocycles. The first-order valence-electron chi connectivity index (χ1n) is 6.95. The molecule has 18 heavy (non-hydrogen) atoms. The summed E-state index contributed by atoms with van der Waals surface area (Å²) in [6, 6.07) is 0. The van der Waals surface area contributed by atoms with E-state index in [1.807, 2.05) is 7.05 Å². The van der Waals surface area contributed by atoms with Gasteiger partial charge in [-0.15, -0.1) is 0 Å². The van der Waals surface area contributed by atoms with Crippen molar-refractivity contribution in [1.82, 2.24) is 9.80 Å². The van der Waals surface area contributed by atoms with E-state index >= 15 is 0 Å². The molecule has 1 atom stereocenters. The van der Waals surface area contributed by atoms with Gasteiger partial charge in [-0.3, -0.25) is 9.69 Å². The van der Waals surface area contributed by atoms with Crippen LogP contribution in [0, 0.1) is 0 Å². The molecular formula is C13H27N3O2. The molecule has 1 unspecified atom stereocenters. The predicted octanol–water partition coefficient (Wildman–Crippen LogP) is 0.295. The van der Waals surface area contributed by atoms with E-state index < -0.39 is 0 Å². The molecular weight excluding hydrogens is 230 g/mol. The summed E-state index contributed by atoms with van der Waals surface area (Å²) in [7, 11) is 1.85. The summed E-state index contributed by atoms with van der Waals surface area (Å²) in [5, 5.41) is 0. The Morgan fingerprint density at radius 1 is 1.50 bits per heavy atom. The minimum Gasteiger partial charge on any atom is -0.377 e. The summed E-state index contributed by atoms with van der Waals surface area (Å²) < 4.78 is 5.61. The van der Waals surface area contributed by atoms with Crippen molar-refractivity contribution < 1.29 is 9.53 Å². The third kappa shape index (κ3) is 5.33. The van der Waals surface area contributed by atoms with Crippen LogP contribution in [-0.2, 0) is 9.53 Å². The molecule has 1 aliphatic heterocycles. The van der Waals surface area contributed by atoms with Crippen LogP contribution < -0.4 is 5.73 Å². The molecule has 0 radical (unpaired) electrons. The molecule has 0 spiro atoms. The molecule has 5 heteroatoms. The van der Waals surface area contributed by atoms with Crippen LogP contribution in [0.25, 0.3) is 0 Å². The number of rotatable bonds is 8. The maximum absolute atomic E-state index is 12.0. The fraction of sp³-hybridized carbons (Fsp3) is 0.923. The number of amides is 1. The second-order valence-corrected chi connectivity index (χ2v) is 4.92. The quantitative estimate of drug-likeness (QED) is 0.679. The Morgan fingerprint density at radius 3 is 2.83 bits per heavy atom. The molecule has 0 aromatic rings. The third-order valence-corrected chi connectivity index (χ3v) is 3.42. The monoisotopic (exact) mass is 257 g/mol. The molecule has 0 aromatic carbocycles. The Morgan fingerprint density at radius 2 is 2.28 bits per heavy atom. The van der Waals surface area contributed by atoms with Crippen LogP contribution in [-0.4, -0.2) is 68.2 Å². The number of nitrogens with two attached hydrogens (primary N) is 1. The minimum atomic E-state index is 0.170. The average Bonchev–Trinajstić information content (AvgIpc) is 2.87. The van der Waals surface area contributed by atoms with Crippen LogP contribution in [0.1, 0.15) is 26.2 Å². The standard InChI is InChI=1S/C13H27N3O2/c1-3-16(10-12-6-4-9-18-12)11-13(17)15(2)8-5-7-14/h12H,3-11,14H2,1-2H3. The maximum Gasteiger partial charge on any atom is 0.236 e. The smallest absolute Gasteiger partial charge is 0.236 e. The van der Waals surface area contributed by atoms with Gasteiger partial charge >= 0.3 is 0 Å². The number of likely N-dealkylation sites (N-methyl/N-ethyl adjacent to an activating group) is 2. The Hall–Kier alpha value is -0.650. The highest BCUT2D eigenvalue weighted by Crippen LogP contribution is 2.13. The van der Waals surface area contributed by atoms with Crippen molar-refractivity contribution in [2.75, 3.05) is 46.4 Å². The second kappa shape index (κ2) is 8.45. The normalized spacial score (nSPS) is 19.4. The fourth-order valence-corrected chi connectivity index (χ4v) is 2.15. The van der Waals surface area contributed by atoms with Gasteiger partial charge in [0.25, 0.3) is 0 Å². The zero-order valence-electron chi connectivity index (χ0n) is 11.7. The molecule has 106 valence electrons.